The van der Waals surface area contributed by atoms with Gasteiger partial charge in [-0.2, -0.15) is 16.7 Å². The van der Waals surface area contributed by atoms with Crippen molar-refractivity contribution in [2.24, 2.45) is 0 Å². The topological polar surface area (TPSA) is 51.0 Å². The van der Waals surface area contributed by atoms with Crippen molar-refractivity contribution in [3.63, 3.8) is 0 Å². The monoisotopic (exact) mass is 283 g/mol. The standard InChI is InChI=1S/C14H25N3OS/c1-4-8-15-11(3)10(2)14-16-13(17-18-14)12-7-5-6-9-19-12/h10-12,15H,4-9H2,1-3H3. The van der Waals surface area contributed by atoms with Crippen LogP contribution in [0, 0.1) is 0 Å². The molecule has 1 N–H and O–H groups in total. The van der Waals surface area contributed by atoms with Gasteiger partial charge in [-0.3, -0.25) is 0 Å². The zero-order valence-electron chi connectivity index (χ0n) is 12.2. The summed E-state index contributed by atoms with van der Waals surface area (Å²) in [5.74, 6) is 3.16. The van der Waals surface area contributed by atoms with Crippen LogP contribution in [0.2, 0.25) is 0 Å². The summed E-state index contributed by atoms with van der Waals surface area (Å²) in [4.78, 5) is 4.62. The number of nitrogens with one attached hydrogen (secondary N) is 1. The molecule has 1 fully saturated rings. The molecule has 1 aliphatic heterocycles. The minimum Gasteiger partial charge on any atom is -0.339 e. The molecule has 3 unspecified atom stereocenters. The third-order valence-corrected chi connectivity index (χ3v) is 5.15. The molecule has 2 rings (SSSR count). The molecule has 4 nitrogen and oxygen atoms in total. The average molecular weight is 283 g/mol. The van der Waals surface area contributed by atoms with Crippen LogP contribution < -0.4 is 5.32 Å². The molecule has 0 aliphatic carbocycles. The molecule has 0 spiro atoms. The molecule has 5 heteroatoms. The van der Waals surface area contributed by atoms with Gasteiger partial charge < -0.3 is 9.84 Å². The minimum atomic E-state index is 0.265. The number of aromatic nitrogens is 2. The van der Waals surface area contributed by atoms with Gasteiger partial charge in [0.15, 0.2) is 5.82 Å². The summed E-state index contributed by atoms with van der Waals surface area (Å²) in [5, 5.41) is 8.12. The lowest BCUT2D eigenvalue weighted by atomic mass is 10.0. The number of hydrogen-bond acceptors (Lipinski definition) is 5. The molecular formula is C14H25N3OS. The quantitative estimate of drug-likeness (QED) is 0.865. The van der Waals surface area contributed by atoms with E-state index in [4.69, 9.17) is 4.52 Å². The van der Waals surface area contributed by atoms with Crippen molar-refractivity contribution in [1.82, 2.24) is 15.5 Å². The van der Waals surface area contributed by atoms with Gasteiger partial charge in [0.2, 0.25) is 5.89 Å². The second kappa shape index (κ2) is 7.29. The van der Waals surface area contributed by atoms with Crippen molar-refractivity contribution in [2.75, 3.05) is 12.3 Å². The SMILES string of the molecule is CCCNC(C)C(C)c1nc(C2CCCCS2)no1. The van der Waals surface area contributed by atoms with E-state index in [9.17, 15) is 0 Å². The third-order valence-electron chi connectivity index (χ3n) is 3.78. The van der Waals surface area contributed by atoms with Gasteiger partial charge in [0.05, 0.1) is 11.2 Å². The fourth-order valence-corrected chi connectivity index (χ4v) is 3.50. The summed E-state index contributed by atoms with van der Waals surface area (Å²) in [6.45, 7) is 7.54. The first-order valence-electron chi connectivity index (χ1n) is 7.40. The largest absolute Gasteiger partial charge is 0.339 e. The van der Waals surface area contributed by atoms with Crippen LogP contribution >= 0.6 is 11.8 Å². The molecular weight excluding hydrogens is 258 g/mol. The highest BCUT2D eigenvalue weighted by Crippen LogP contribution is 2.37. The smallest absolute Gasteiger partial charge is 0.231 e. The van der Waals surface area contributed by atoms with E-state index in [1.165, 1.54) is 25.0 Å². The highest BCUT2D eigenvalue weighted by Gasteiger charge is 2.25. The van der Waals surface area contributed by atoms with Crippen LogP contribution in [0.15, 0.2) is 4.52 Å². The van der Waals surface area contributed by atoms with Crippen LogP contribution in [0.3, 0.4) is 0 Å². The van der Waals surface area contributed by atoms with Gasteiger partial charge in [-0.15, -0.1) is 0 Å². The van der Waals surface area contributed by atoms with Gasteiger partial charge in [-0.1, -0.05) is 25.4 Å². The Labute approximate surface area is 120 Å². The normalized spacial score (nSPS) is 23.2. The molecule has 0 amide bonds. The van der Waals surface area contributed by atoms with E-state index in [0.717, 1.165) is 24.7 Å². The Morgan fingerprint density at radius 1 is 1.42 bits per heavy atom. The maximum absolute atomic E-state index is 5.47. The molecule has 1 aromatic rings. The number of nitrogens with zero attached hydrogens (tertiary/aromatic N) is 2. The van der Waals surface area contributed by atoms with E-state index in [1.807, 2.05) is 11.8 Å². The van der Waals surface area contributed by atoms with E-state index >= 15 is 0 Å². The zero-order chi connectivity index (χ0) is 13.7. The van der Waals surface area contributed by atoms with Crippen LogP contribution in [-0.4, -0.2) is 28.5 Å². The van der Waals surface area contributed by atoms with Crippen LogP contribution in [0.5, 0.6) is 0 Å². The Kier molecular flexibility index (Phi) is 5.70. The molecule has 3 atom stereocenters. The molecule has 1 aromatic heterocycles. The van der Waals surface area contributed by atoms with Crippen molar-refractivity contribution < 1.29 is 4.52 Å². The summed E-state index contributed by atoms with van der Waals surface area (Å²) in [7, 11) is 0. The van der Waals surface area contributed by atoms with Gasteiger partial charge in [0, 0.05) is 6.04 Å². The number of thioether (sulfide) groups is 1. The first-order valence-corrected chi connectivity index (χ1v) is 8.45. The molecule has 0 aromatic carbocycles. The van der Waals surface area contributed by atoms with E-state index in [2.05, 4.69) is 36.2 Å². The van der Waals surface area contributed by atoms with Crippen LogP contribution in [0.25, 0.3) is 0 Å². The Balaban J connectivity index is 1.95. The molecule has 108 valence electrons. The van der Waals surface area contributed by atoms with Crippen molar-refractivity contribution in [3.8, 4) is 0 Å². The Hall–Kier alpha value is -0.550. The van der Waals surface area contributed by atoms with Crippen LogP contribution in [0.4, 0.5) is 0 Å². The fourth-order valence-electron chi connectivity index (χ4n) is 2.27. The molecule has 2 heterocycles. The van der Waals surface area contributed by atoms with Crippen molar-refractivity contribution in [3.05, 3.63) is 11.7 Å². The summed E-state index contributed by atoms with van der Waals surface area (Å²) >= 11 is 1.96. The predicted molar refractivity (Wildman–Crippen MR) is 79.5 cm³/mol. The molecule has 0 bridgehead atoms. The summed E-state index contributed by atoms with van der Waals surface area (Å²) < 4.78 is 5.47. The number of rotatable bonds is 6. The Morgan fingerprint density at radius 3 is 2.95 bits per heavy atom. The summed E-state index contributed by atoms with van der Waals surface area (Å²) in [5.41, 5.74) is 0. The zero-order valence-corrected chi connectivity index (χ0v) is 13.0. The van der Waals surface area contributed by atoms with E-state index < -0.39 is 0 Å². The second-order valence-electron chi connectivity index (χ2n) is 5.38. The van der Waals surface area contributed by atoms with E-state index in [-0.39, 0.29) is 5.92 Å². The summed E-state index contributed by atoms with van der Waals surface area (Å²) in [6, 6.07) is 0.368. The van der Waals surface area contributed by atoms with Crippen molar-refractivity contribution >= 4 is 11.8 Å². The van der Waals surface area contributed by atoms with Gasteiger partial charge in [0.1, 0.15) is 0 Å². The number of hydrogen-bond donors (Lipinski definition) is 1. The third kappa shape index (κ3) is 3.96. The Morgan fingerprint density at radius 2 is 2.26 bits per heavy atom. The first kappa shape index (κ1) is 14.9. The van der Waals surface area contributed by atoms with Gasteiger partial charge in [-0.05, 0) is 38.5 Å². The molecule has 0 saturated carbocycles. The highest BCUT2D eigenvalue weighted by atomic mass is 32.2. The highest BCUT2D eigenvalue weighted by molar-refractivity contribution is 7.99. The maximum Gasteiger partial charge on any atom is 0.231 e. The maximum atomic E-state index is 5.47. The molecule has 1 aliphatic rings. The van der Waals surface area contributed by atoms with Crippen LogP contribution in [0.1, 0.15) is 69.3 Å². The Bertz CT molecular complexity index is 377. The second-order valence-corrected chi connectivity index (χ2v) is 6.69. The molecule has 1 saturated heterocycles. The fraction of sp³-hybridized carbons (Fsp3) is 0.857. The van der Waals surface area contributed by atoms with Crippen molar-refractivity contribution in [2.45, 2.75) is 63.7 Å². The van der Waals surface area contributed by atoms with Crippen LogP contribution in [-0.2, 0) is 0 Å². The average Bonchev–Trinajstić information content (AvgIpc) is 2.94. The summed E-state index contributed by atoms with van der Waals surface area (Å²) in [6.07, 6.45) is 4.93. The van der Waals surface area contributed by atoms with Gasteiger partial charge >= 0.3 is 0 Å². The molecule has 0 radical (unpaired) electrons. The lowest BCUT2D eigenvalue weighted by Crippen LogP contribution is -2.31. The van der Waals surface area contributed by atoms with Gasteiger partial charge in [0.25, 0.3) is 0 Å². The predicted octanol–water partition coefficient (Wildman–Crippen LogP) is 3.52. The first-order chi connectivity index (χ1) is 9.22. The van der Waals surface area contributed by atoms with Gasteiger partial charge in [-0.25, -0.2) is 0 Å². The lowest BCUT2D eigenvalue weighted by Gasteiger charge is -2.18. The van der Waals surface area contributed by atoms with Crippen molar-refractivity contribution in [1.29, 1.82) is 0 Å². The minimum absolute atomic E-state index is 0.265. The van der Waals surface area contributed by atoms with E-state index in [1.54, 1.807) is 0 Å². The molecule has 19 heavy (non-hydrogen) atoms. The lowest BCUT2D eigenvalue weighted by molar-refractivity contribution is 0.327. The van der Waals surface area contributed by atoms with E-state index in [0.29, 0.717) is 11.3 Å².